The van der Waals surface area contributed by atoms with Crippen molar-refractivity contribution in [3.8, 4) is 0 Å². The number of fused-ring (bicyclic) bond motifs is 2. The molecule has 1 heterocycles. The standard InChI is InChI=1S/C16H22O3/c1-10-5-6-12-11(7-10)9-16(18-4)13(15(12,2)3)8-14(17)19-16/h7-8,11-12H,5-6,9H2,1-4H3/t11?,12?,16-/m0/s1. The largest absolute Gasteiger partial charge is 0.426 e. The van der Waals surface area contributed by atoms with Crippen LogP contribution in [-0.2, 0) is 14.3 Å². The lowest BCUT2D eigenvalue weighted by Gasteiger charge is -2.52. The van der Waals surface area contributed by atoms with Crippen LogP contribution < -0.4 is 0 Å². The third-order valence-electron chi connectivity index (χ3n) is 5.26. The fourth-order valence-corrected chi connectivity index (χ4v) is 4.31. The molecule has 0 bridgehead atoms. The van der Waals surface area contributed by atoms with Crippen LogP contribution in [-0.4, -0.2) is 18.9 Å². The SMILES string of the molecule is CO[C@]12CC3C=C(C)CCC3C(C)(C)C1=CC(=O)O2. The number of hydrogen-bond donors (Lipinski definition) is 0. The molecule has 0 amide bonds. The maximum atomic E-state index is 11.7. The van der Waals surface area contributed by atoms with E-state index in [9.17, 15) is 4.79 Å². The molecule has 0 saturated heterocycles. The minimum atomic E-state index is -0.824. The Bertz CT molecular complexity index is 486. The Balaban J connectivity index is 2.08. The zero-order valence-corrected chi connectivity index (χ0v) is 12.2. The van der Waals surface area contributed by atoms with Gasteiger partial charge in [-0.05, 0) is 37.0 Å². The van der Waals surface area contributed by atoms with Gasteiger partial charge >= 0.3 is 5.97 Å². The van der Waals surface area contributed by atoms with Crippen molar-refractivity contribution in [2.45, 2.75) is 45.8 Å². The van der Waals surface area contributed by atoms with Crippen molar-refractivity contribution in [2.75, 3.05) is 7.11 Å². The number of esters is 1. The highest BCUT2D eigenvalue weighted by Gasteiger charge is 2.58. The molecule has 0 N–H and O–H groups in total. The van der Waals surface area contributed by atoms with Gasteiger partial charge in [0, 0.05) is 25.2 Å². The number of allylic oxidation sites excluding steroid dienone is 2. The van der Waals surface area contributed by atoms with Gasteiger partial charge in [-0.2, -0.15) is 0 Å². The summed E-state index contributed by atoms with van der Waals surface area (Å²) in [5.74, 6) is -0.0770. The van der Waals surface area contributed by atoms with E-state index in [0.29, 0.717) is 11.8 Å². The van der Waals surface area contributed by atoms with Gasteiger partial charge < -0.3 is 9.47 Å². The normalized spacial score (nSPS) is 39.9. The van der Waals surface area contributed by atoms with E-state index in [0.717, 1.165) is 18.4 Å². The molecule has 3 nitrogen and oxygen atoms in total. The van der Waals surface area contributed by atoms with Crippen molar-refractivity contribution in [2.24, 2.45) is 17.3 Å². The molecular formula is C16H22O3. The molecule has 3 atom stereocenters. The summed E-state index contributed by atoms with van der Waals surface area (Å²) in [6, 6.07) is 0. The van der Waals surface area contributed by atoms with E-state index in [2.05, 4.69) is 26.8 Å². The molecule has 2 aliphatic carbocycles. The molecule has 104 valence electrons. The van der Waals surface area contributed by atoms with Crippen LogP contribution >= 0.6 is 0 Å². The van der Waals surface area contributed by atoms with Gasteiger partial charge in [-0.25, -0.2) is 4.79 Å². The number of carbonyl (C=O) groups is 1. The van der Waals surface area contributed by atoms with Crippen molar-refractivity contribution in [3.63, 3.8) is 0 Å². The lowest BCUT2D eigenvalue weighted by Crippen LogP contribution is -2.51. The number of methoxy groups -OCH3 is 1. The van der Waals surface area contributed by atoms with Crippen LogP contribution in [0.1, 0.15) is 40.0 Å². The topological polar surface area (TPSA) is 35.5 Å². The highest BCUT2D eigenvalue weighted by atomic mass is 16.7. The summed E-state index contributed by atoms with van der Waals surface area (Å²) in [6.07, 6.45) is 7.12. The Hall–Kier alpha value is -1.09. The monoisotopic (exact) mass is 262 g/mol. The molecule has 0 aromatic rings. The summed E-state index contributed by atoms with van der Waals surface area (Å²) in [6.45, 7) is 6.63. The maximum Gasteiger partial charge on any atom is 0.333 e. The van der Waals surface area contributed by atoms with Gasteiger partial charge in [0.2, 0.25) is 5.79 Å². The first kappa shape index (κ1) is 12.9. The molecule has 1 fully saturated rings. The molecule has 3 aliphatic rings. The molecule has 3 heteroatoms. The van der Waals surface area contributed by atoms with Crippen molar-refractivity contribution < 1.29 is 14.3 Å². The van der Waals surface area contributed by atoms with Crippen molar-refractivity contribution in [3.05, 3.63) is 23.3 Å². The summed E-state index contributed by atoms with van der Waals surface area (Å²) in [5.41, 5.74) is 2.42. The Morgan fingerprint density at radius 3 is 2.84 bits per heavy atom. The molecule has 3 rings (SSSR count). The van der Waals surface area contributed by atoms with E-state index in [1.54, 1.807) is 13.2 Å². The highest BCUT2D eigenvalue weighted by molar-refractivity contribution is 5.87. The molecule has 2 unspecified atom stereocenters. The lowest BCUT2D eigenvalue weighted by molar-refractivity contribution is -0.214. The maximum absolute atomic E-state index is 11.7. The van der Waals surface area contributed by atoms with E-state index in [1.165, 1.54) is 12.0 Å². The lowest BCUT2D eigenvalue weighted by atomic mass is 9.56. The molecule has 0 spiro atoms. The Kier molecular flexibility index (Phi) is 2.69. The Morgan fingerprint density at radius 2 is 2.16 bits per heavy atom. The van der Waals surface area contributed by atoms with Crippen LogP contribution in [0.3, 0.4) is 0 Å². The third kappa shape index (κ3) is 1.71. The molecule has 0 aromatic carbocycles. The van der Waals surface area contributed by atoms with Gasteiger partial charge in [0.25, 0.3) is 0 Å². The van der Waals surface area contributed by atoms with E-state index in [-0.39, 0.29) is 11.4 Å². The average molecular weight is 262 g/mol. The predicted molar refractivity (Wildman–Crippen MR) is 72.3 cm³/mol. The van der Waals surface area contributed by atoms with E-state index in [4.69, 9.17) is 9.47 Å². The van der Waals surface area contributed by atoms with Gasteiger partial charge in [0.1, 0.15) is 0 Å². The average Bonchev–Trinajstić information content (AvgIpc) is 2.67. The zero-order chi connectivity index (χ0) is 13.8. The second kappa shape index (κ2) is 3.95. The van der Waals surface area contributed by atoms with E-state index in [1.807, 2.05) is 0 Å². The first-order valence-electron chi connectivity index (χ1n) is 7.07. The van der Waals surface area contributed by atoms with Crippen molar-refractivity contribution in [1.82, 2.24) is 0 Å². The summed E-state index contributed by atoms with van der Waals surface area (Å²) >= 11 is 0. The minimum absolute atomic E-state index is 0.0533. The first-order valence-corrected chi connectivity index (χ1v) is 7.07. The highest BCUT2D eigenvalue weighted by Crippen LogP contribution is 2.58. The number of rotatable bonds is 1. The van der Waals surface area contributed by atoms with Crippen LogP contribution in [0.5, 0.6) is 0 Å². The Labute approximate surface area is 114 Å². The van der Waals surface area contributed by atoms with Crippen molar-refractivity contribution in [1.29, 1.82) is 0 Å². The number of ether oxygens (including phenoxy) is 2. The van der Waals surface area contributed by atoms with Crippen molar-refractivity contribution >= 4 is 5.97 Å². The van der Waals surface area contributed by atoms with E-state index >= 15 is 0 Å². The zero-order valence-electron chi connectivity index (χ0n) is 12.2. The smallest absolute Gasteiger partial charge is 0.333 e. The fraction of sp³-hybridized carbons (Fsp3) is 0.688. The fourth-order valence-electron chi connectivity index (χ4n) is 4.31. The van der Waals surface area contributed by atoms with Gasteiger partial charge in [-0.15, -0.1) is 0 Å². The minimum Gasteiger partial charge on any atom is -0.426 e. The second-order valence-corrected chi connectivity index (χ2v) is 6.68. The van der Waals surface area contributed by atoms with Gasteiger partial charge in [-0.3, -0.25) is 0 Å². The predicted octanol–water partition coefficient (Wildman–Crippen LogP) is 3.21. The number of carbonyl (C=O) groups excluding carboxylic acids is 1. The summed E-state index contributed by atoms with van der Waals surface area (Å²) in [7, 11) is 1.64. The van der Waals surface area contributed by atoms with E-state index < -0.39 is 5.79 Å². The van der Waals surface area contributed by atoms with Crippen LogP contribution in [0.2, 0.25) is 0 Å². The molecule has 0 aromatic heterocycles. The summed E-state index contributed by atoms with van der Waals surface area (Å²) in [4.78, 5) is 11.7. The van der Waals surface area contributed by atoms with Crippen LogP contribution in [0.4, 0.5) is 0 Å². The molecule has 19 heavy (non-hydrogen) atoms. The van der Waals surface area contributed by atoms with Gasteiger partial charge in [0.05, 0.1) is 0 Å². The number of hydrogen-bond acceptors (Lipinski definition) is 3. The van der Waals surface area contributed by atoms with Gasteiger partial charge in [0.15, 0.2) is 0 Å². The van der Waals surface area contributed by atoms with Gasteiger partial charge in [-0.1, -0.05) is 25.5 Å². The summed E-state index contributed by atoms with van der Waals surface area (Å²) < 4.78 is 11.2. The Morgan fingerprint density at radius 1 is 1.42 bits per heavy atom. The summed E-state index contributed by atoms with van der Waals surface area (Å²) in [5, 5.41) is 0. The quantitative estimate of drug-likeness (QED) is 0.537. The second-order valence-electron chi connectivity index (χ2n) is 6.68. The molecule has 0 radical (unpaired) electrons. The molecule has 1 aliphatic heterocycles. The van der Waals surface area contributed by atoms with Crippen LogP contribution in [0, 0.1) is 17.3 Å². The molecule has 1 saturated carbocycles. The first-order chi connectivity index (χ1) is 8.89. The van der Waals surface area contributed by atoms with Crippen LogP contribution in [0.25, 0.3) is 0 Å². The van der Waals surface area contributed by atoms with Crippen LogP contribution in [0.15, 0.2) is 23.3 Å². The third-order valence-corrected chi connectivity index (χ3v) is 5.26. The molecular weight excluding hydrogens is 240 g/mol.